The van der Waals surface area contributed by atoms with Crippen LogP contribution >= 0.6 is 12.4 Å². The van der Waals surface area contributed by atoms with Gasteiger partial charge in [-0.15, -0.1) is 12.4 Å². The Bertz CT molecular complexity index is 315. The van der Waals surface area contributed by atoms with Crippen LogP contribution in [0.2, 0.25) is 0 Å². The van der Waals surface area contributed by atoms with Gasteiger partial charge in [0.15, 0.2) is 0 Å². The van der Waals surface area contributed by atoms with Gasteiger partial charge >= 0.3 is 0 Å². The molecule has 0 radical (unpaired) electrons. The minimum absolute atomic E-state index is 0. The lowest BCUT2D eigenvalue weighted by Gasteiger charge is -2.03. The van der Waals surface area contributed by atoms with Crippen LogP contribution in [0.25, 0.3) is 0 Å². The molecule has 0 aliphatic rings. The molecule has 1 aromatic rings. The Morgan fingerprint density at radius 3 is 2.71 bits per heavy atom. The van der Waals surface area contributed by atoms with Gasteiger partial charge in [-0.25, -0.2) is 0 Å². The topological polar surface area (TPSA) is 69.2 Å². The number of hydrogen-bond acceptors (Lipinski definition) is 3. The number of non-ortho nitro benzene ring substituents is 1. The molecule has 0 aromatic heterocycles. The van der Waals surface area contributed by atoms with Crippen LogP contribution in [-0.2, 0) is 6.42 Å². The number of nitrogens with zero attached hydrogens (tertiary/aromatic N) is 1. The van der Waals surface area contributed by atoms with Crippen molar-refractivity contribution in [2.75, 3.05) is 0 Å². The summed E-state index contributed by atoms with van der Waals surface area (Å²) >= 11 is 0. The fraction of sp³-hybridized carbons (Fsp3) is 0.333. The van der Waals surface area contributed by atoms with E-state index in [0.29, 0.717) is 6.42 Å². The maximum Gasteiger partial charge on any atom is 0.269 e. The maximum absolute atomic E-state index is 10.4. The molecule has 0 bridgehead atoms. The smallest absolute Gasteiger partial charge is 0.269 e. The van der Waals surface area contributed by atoms with Crippen molar-refractivity contribution >= 4 is 18.1 Å². The van der Waals surface area contributed by atoms with Crippen molar-refractivity contribution in [2.24, 2.45) is 5.73 Å². The maximum atomic E-state index is 10.4. The highest BCUT2D eigenvalue weighted by atomic mass is 35.5. The molecule has 0 heterocycles. The normalized spacial score (nSPS) is 11.6. The van der Waals surface area contributed by atoms with E-state index in [1.165, 1.54) is 6.07 Å². The second-order valence-corrected chi connectivity index (χ2v) is 3.11. The summed E-state index contributed by atoms with van der Waals surface area (Å²) in [6.45, 7) is 1.87. The van der Waals surface area contributed by atoms with Crippen molar-refractivity contribution < 1.29 is 4.92 Å². The summed E-state index contributed by atoms with van der Waals surface area (Å²) in [4.78, 5) is 10.0. The quantitative estimate of drug-likeness (QED) is 0.620. The summed E-state index contributed by atoms with van der Waals surface area (Å²) in [5.41, 5.74) is 6.61. The molecule has 2 N–H and O–H groups in total. The lowest BCUT2D eigenvalue weighted by atomic mass is 10.1. The zero-order chi connectivity index (χ0) is 9.84. The van der Waals surface area contributed by atoms with E-state index < -0.39 is 4.92 Å². The van der Waals surface area contributed by atoms with E-state index in [9.17, 15) is 10.1 Å². The Morgan fingerprint density at radius 1 is 1.57 bits per heavy atom. The SMILES string of the molecule is CC(N)Cc1cccc([N+](=O)[O-])c1.Cl. The van der Waals surface area contributed by atoms with E-state index >= 15 is 0 Å². The van der Waals surface area contributed by atoms with Gasteiger partial charge in [0.05, 0.1) is 4.92 Å². The molecule has 1 aromatic carbocycles. The molecule has 1 unspecified atom stereocenters. The van der Waals surface area contributed by atoms with Gasteiger partial charge in [0.2, 0.25) is 0 Å². The van der Waals surface area contributed by atoms with Crippen LogP contribution in [0, 0.1) is 10.1 Å². The fourth-order valence-electron chi connectivity index (χ4n) is 1.17. The largest absolute Gasteiger partial charge is 0.328 e. The van der Waals surface area contributed by atoms with Crippen LogP contribution < -0.4 is 5.73 Å². The zero-order valence-electron chi connectivity index (χ0n) is 7.84. The number of hydrogen-bond donors (Lipinski definition) is 1. The minimum Gasteiger partial charge on any atom is -0.328 e. The number of nitrogens with two attached hydrogens (primary N) is 1. The molecule has 0 spiro atoms. The van der Waals surface area contributed by atoms with E-state index in [0.717, 1.165) is 5.56 Å². The van der Waals surface area contributed by atoms with Crippen molar-refractivity contribution in [3.63, 3.8) is 0 Å². The Kier molecular flexibility index (Phi) is 5.12. The summed E-state index contributed by atoms with van der Waals surface area (Å²) in [5, 5.41) is 10.4. The van der Waals surface area contributed by atoms with Crippen molar-refractivity contribution in [1.82, 2.24) is 0 Å². The molecule has 0 fully saturated rings. The monoisotopic (exact) mass is 216 g/mol. The van der Waals surface area contributed by atoms with Gasteiger partial charge in [-0.05, 0) is 18.9 Å². The molecular weight excluding hydrogens is 204 g/mol. The van der Waals surface area contributed by atoms with Crippen LogP contribution in [0.3, 0.4) is 0 Å². The van der Waals surface area contributed by atoms with E-state index in [2.05, 4.69) is 0 Å². The van der Waals surface area contributed by atoms with Crippen LogP contribution in [0.15, 0.2) is 24.3 Å². The van der Waals surface area contributed by atoms with E-state index in [4.69, 9.17) is 5.73 Å². The summed E-state index contributed by atoms with van der Waals surface area (Å²) in [7, 11) is 0. The second kappa shape index (κ2) is 5.57. The lowest BCUT2D eigenvalue weighted by molar-refractivity contribution is -0.384. The predicted molar refractivity (Wildman–Crippen MR) is 57.7 cm³/mol. The Morgan fingerprint density at radius 2 is 2.21 bits per heavy atom. The molecule has 0 aliphatic carbocycles. The number of nitro benzene ring substituents is 1. The van der Waals surface area contributed by atoms with Crippen molar-refractivity contribution in [1.29, 1.82) is 0 Å². The van der Waals surface area contributed by atoms with Gasteiger partial charge in [-0.2, -0.15) is 0 Å². The molecule has 5 heteroatoms. The third-order valence-electron chi connectivity index (χ3n) is 1.68. The molecule has 0 saturated carbocycles. The lowest BCUT2D eigenvalue weighted by Crippen LogP contribution is -2.17. The third kappa shape index (κ3) is 3.72. The van der Waals surface area contributed by atoms with Gasteiger partial charge in [-0.3, -0.25) is 10.1 Å². The highest BCUT2D eigenvalue weighted by Crippen LogP contribution is 2.13. The highest BCUT2D eigenvalue weighted by molar-refractivity contribution is 5.85. The van der Waals surface area contributed by atoms with Crippen molar-refractivity contribution in [2.45, 2.75) is 19.4 Å². The average Bonchev–Trinajstić information content (AvgIpc) is 2.03. The number of halogens is 1. The molecule has 1 rings (SSSR count). The van der Waals surface area contributed by atoms with Crippen LogP contribution in [0.4, 0.5) is 5.69 Å². The Balaban J connectivity index is 0.00000169. The molecule has 4 nitrogen and oxygen atoms in total. The summed E-state index contributed by atoms with van der Waals surface area (Å²) < 4.78 is 0. The summed E-state index contributed by atoms with van der Waals surface area (Å²) in [6.07, 6.45) is 0.668. The predicted octanol–water partition coefficient (Wildman–Crippen LogP) is 1.91. The van der Waals surface area contributed by atoms with Gasteiger partial charge in [0.25, 0.3) is 5.69 Å². The Labute approximate surface area is 88.7 Å². The first-order chi connectivity index (χ1) is 6.09. The molecule has 1 atom stereocenters. The number of benzene rings is 1. The first kappa shape index (κ1) is 12.9. The first-order valence-electron chi connectivity index (χ1n) is 4.08. The van der Waals surface area contributed by atoms with Crippen LogP contribution in [0.1, 0.15) is 12.5 Å². The van der Waals surface area contributed by atoms with E-state index in [1.54, 1.807) is 12.1 Å². The minimum atomic E-state index is -0.398. The van der Waals surface area contributed by atoms with Crippen molar-refractivity contribution in [3.8, 4) is 0 Å². The van der Waals surface area contributed by atoms with E-state index in [1.807, 2.05) is 13.0 Å². The van der Waals surface area contributed by atoms with Gasteiger partial charge in [0.1, 0.15) is 0 Å². The molecule has 0 amide bonds. The summed E-state index contributed by atoms with van der Waals surface area (Å²) in [5.74, 6) is 0. The van der Waals surface area contributed by atoms with Gasteiger partial charge < -0.3 is 5.73 Å². The average molecular weight is 217 g/mol. The Hall–Kier alpha value is -1.13. The molecule has 78 valence electrons. The molecule has 0 saturated heterocycles. The third-order valence-corrected chi connectivity index (χ3v) is 1.68. The number of rotatable bonds is 3. The second-order valence-electron chi connectivity index (χ2n) is 3.11. The fourth-order valence-corrected chi connectivity index (χ4v) is 1.17. The van der Waals surface area contributed by atoms with Crippen LogP contribution in [0.5, 0.6) is 0 Å². The van der Waals surface area contributed by atoms with Gasteiger partial charge in [-0.1, -0.05) is 12.1 Å². The molecule has 14 heavy (non-hydrogen) atoms. The first-order valence-corrected chi connectivity index (χ1v) is 4.08. The van der Waals surface area contributed by atoms with Crippen LogP contribution in [-0.4, -0.2) is 11.0 Å². The zero-order valence-corrected chi connectivity index (χ0v) is 8.66. The molecule has 0 aliphatic heterocycles. The van der Waals surface area contributed by atoms with Crippen molar-refractivity contribution in [3.05, 3.63) is 39.9 Å². The molecular formula is C9H13ClN2O2. The number of nitro groups is 1. The van der Waals surface area contributed by atoms with Gasteiger partial charge in [0, 0.05) is 18.2 Å². The summed E-state index contributed by atoms with van der Waals surface area (Å²) in [6, 6.07) is 6.59. The van der Waals surface area contributed by atoms with E-state index in [-0.39, 0.29) is 24.1 Å². The standard InChI is InChI=1S/C9H12N2O2.ClH/c1-7(10)5-8-3-2-4-9(6-8)11(12)13;/h2-4,6-7H,5,10H2,1H3;1H. The highest BCUT2D eigenvalue weighted by Gasteiger charge is 2.06.